The van der Waals surface area contributed by atoms with Crippen molar-refractivity contribution in [3.05, 3.63) is 199 Å². The molecule has 0 unspecified atom stereocenters. The minimum absolute atomic E-state index is 0.111. The molecular weight excluding hydrogens is 707 g/mol. The van der Waals surface area contributed by atoms with Crippen LogP contribution in [0.1, 0.15) is 25.0 Å². The molecule has 0 fully saturated rings. The molecule has 0 N–H and O–H groups in total. The zero-order valence-corrected chi connectivity index (χ0v) is 32.6. The van der Waals surface area contributed by atoms with Crippen LogP contribution in [0.15, 0.2) is 188 Å². The average molecular weight is 744 g/mol. The van der Waals surface area contributed by atoms with Crippen molar-refractivity contribution in [3.63, 3.8) is 0 Å². The molecule has 1 nitrogen and oxygen atoms in total. The average Bonchev–Trinajstić information content (AvgIpc) is 3.81. The predicted molar refractivity (Wildman–Crippen MR) is 245 cm³/mol. The first-order valence-corrected chi connectivity index (χ1v) is 20.7. The van der Waals surface area contributed by atoms with Crippen molar-refractivity contribution in [2.45, 2.75) is 19.3 Å². The third-order valence-corrected chi connectivity index (χ3v) is 13.8. The Balaban J connectivity index is 1.13. The summed E-state index contributed by atoms with van der Waals surface area (Å²) in [6.07, 6.45) is 0. The summed E-state index contributed by atoms with van der Waals surface area (Å²) in [5.74, 6) is 0. The lowest BCUT2D eigenvalue weighted by molar-refractivity contribution is 0.645. The summed E-state index contributed by atoms with van der Waals surface area (Å²) in [7, 11) is 0. The smallest absolute Gasteiger partial charge is 0.0541 e. The van der Waals surface area contributed by atoms with Gasteiger partial charge in [-0.2, -0.15) is 0 Å². The number of para-hydroxylation sites is 2. The summed E-state index contributed by atoms with van der Waals surface area (Å²) in [6.45, 7) is 4.76. The van der Waals surface area contributed by atoms with Crippen molar-refractivity contribution >= 4 is 64.1 Å². The number of rotatable bonds is 4. The molecule has 12 rings (SSSR count). The minimum atomic E-state index is -0.111. The fourth-order valence-electron chi connectivity index (χ4n) is 9.90. The number of hydrogen-bond acceptors (Lipinski definition) is 1. The highest BCUT2D eigenvalue weighted by Crippen LogP contribution is 2.51. The van der Waals surface area contributed by atoms with Gasteiger partial charge in [-0.05, 0) is 121 Å². The van der Waals surface area contributed by atoms with Gasteiger partial charge in [-0.3, -0.25) is 0 Å². The Morgan fingerprint density at radius 3 is 1.91 bits per heavy atom. The third kappa shape index (κ3) is 4.75. The van der Waals surface area contributed by atoms with E-state index in [1.807, 2.05) is 11.3 Å². The van der Waals surface area contributed by atoms with E-state index in [0.717, 1.165) is 0 Å². The fourth-order valence-corrected chi connectivity index (χ4v) is 11.1. The van der Waals surface area contributed by atoms with Crippen LogP contribution in [0.2, 0.25) is 0 Å². The van der Waals surface area contributed by atoms with E-state index in [0.29, 0.717) is 0 Å². The molecule has 0 saturated heterocycles. The second kappa shape index (κ2) is 12.1. The highest BCUT2D eigenvalue weighted by molar-refractivity contribution is 7.26. The Morgan fingerprint density at radius 2 is 1.02 bits per heavy atom. The van der Waals surface area contributed by atoms with Crippen LogP contribution >= 0.6 is 11.3 Å². The van der Waals surface area contributed by atoms with Gasteiger partial charge in [-0.15, -0.1) is 11.3 Å². The zero-order chi connectivity index (χ0) is 37.8. The molecule has 0 radical (unpaired) electrons. The van der Waals surface area contributed by atoms with Crippen LogP contribution in [-0.4, -0.2) is 4.57 Å². The number of fused-ring (bicyclic) bond motifs is 8. The molecule has 0 amide bonds. The quantitative estimate of drug-likeness (QED) is 0.169. The van der Waals surface area contributed by atoms with Gasteiger partial charge in [0, 0.05) is 42.0 Å². The number of nitrogens with zero attached hydrogens (tertiary/aromatic N) is 1. The van der Waals surface area contributed by atoms with E-state index in [9.17, 15) is 0 Å². The van der Waals surface area contributed by atoms with Crippen LogP contribution in [-0.2, 0) is 5.41 Å². The molecule has 11 aromatic rings. The van der Waals surface area contributed by atoms with Gasteiger partial charge in [0.15, 0.2) is 0 Å². The van der Waals surface area contributed by atoms with Crippen LogP contribution in [0.4, 0.5) is 0 Å². The lowest BCUT2D eigenvalue weighted by Gasteiger charge is -2.35. The Labute approximate surface area is 335 Å². The molecule has 9 aromatic carbocycles. The van der Waals surface area contributed by atoms with Crippen LogP contribution in [0.25, 0.3) is 103 Å². The number of thiophene rings is 1. The maximum atomic E-state index is 2.44. The second-order valence-electron chi connectivity index (χ2n) is 16.1. The van der Waals surface area contributed by atoms with E-state index in [1.165, 1.54) is 114 Å². The first-order valence-electron chi connectivity index (χ1n) is 19.8. The number of aromatic nitrogens is 1. The summed E-state index contributed by atoms with van der Waals surface area (Å²) in [5.41, 5.74) is 16.4. The molecule has 0 spiro atoms. The molecule has 0 bridgehead atoms. The van der Waals surface area contributed by atoms with E-state index >= 15 is 0 Å². The molecule has 2 heterocycles. The van der Waals surface area contributed by atoms with Gasteiger partial charge >= 0.3 is 0 Å². The van der Waals surface area contributed by atoms with Gasteiger partial charge in [0.2, 0.25) is 0 Å². The van der Waals surface area contributed by atoms with Crippen molar-refractivity contribution in [2.24, 2.45) is 0 Å². The van der Waals surface area contributed by atoms with Crippen molar-refractivity contribution in [2.75, 3.05) is 0 Å². The SMILES string of the molecule is CC1(C)c2ccccc2-c2ccc(-c3cc(-c4ccc5c(c4)c4ccccc4n5-c4ccccc4)cc(-c4cccc5c4sc4ccccc45)c3)c3cccc1c23. The van der Waals surface area contributed by atoms with Crippen LogP contribution < -0.4 is 0 Å². The highest BCUT2D eigenvalue weighted by Gasteiger charge is 2.33. The first kappa shape index (κ1) is 32.5. The topological polar surface area (TPSA) is 4.93 Å². The minimum Gasteiger partial charge on any atom is -0.309 e. The Kier molecular flexibility index (Phi) is 6.91. The number of hydrogen-bond donors (Lipinski definition) is 0. The van der Waals surface area contributed by atoms with E-state index < -0.39 is 0 Å². The monoisotopic (exact) mass is 743 g/mol. The van der Waals surface area contributed by atoms with E-state index in [4.69, 9.17) is 0 Å². The summed E-state index contributed by atoms with van der Waals surface area (Å²) in [4.78, 5) is 0. The van der Waals surface area contributed by atoms with Crippen LogP contribution in [0.3, 0.4) is 0 Å². The van der Waals surface area contributed by atoms with Crippen molar-refractivity contribution < 1.29 is 0 Å². The molecular formula is C55H37NS. The summed E-state index contributed by atoms with van der Waals surface area (Å²) in [5, 5.41) is 7.83. The van der Waals surface area contributed by atoms with Crippen LogP contribution in [0, 0.1) is 0 Å². The largest absolute Gasteiger partial charge is 0.309 e. The summed E-state index contributed by atoms with van der Waals surface area (Å²) < 4.78 is 5.05. The zero-order valence-electron chi connectivity index (χ0n) is 31.8. The maximum Gasteiger partial charge on any atom is 0.0541 e. The lowest BCUT2D eigenvalue weighted by atomic mass is 9.68. The van der Waals surface area contributed by atoms with Gasteiger partial charge in [0.05, 0.1) is 11.0 Å². The van der Waals surface area contributed by atoms with E-state index in [-0.39, 0.29) is 5.41 Å². The molecule has 0 aliphatic heterocycles. The molecule has 268 valence electrons. The third-order valence-electron chi connectivity index (χ3n) is 12.6. The Bertz CT molecular complexity index is 3430. The molecule has 2 heteroatoms. The molecule has 57 heavy (non-hydrogen) atoms. The molecule has 1 aliphatic carbocycles. The first-order chi connectivity index (χ1) is 28.0. The normalized spacial score (nSPS) is 13.2. The Morgan fingerprint density at radius 1 is 0.386 bits per heavy atom. The highest BCUT2D eigenvalue weighted by atomic mass is 32.1. The fraction of sp³-hybridized carbons (Fsp3) is 0.0545. The molecule has 0 saturated carbocycles. The Hall–Kier alpha value is -6.74. The number of benzene rings is 9. The van der Waals surface area contributed by atoms with E-state index in [2.05, 4.69) is 206 Å². The molecule has 2 aromatic heterocycles. The predicted octanol–water partition coefficient (Wildman–Crippen LogP) is 15.6. The lowest BCUT2D eigenvalue weighted by Crippen LogP contribution is -2.23. The summed E-state index contributed by atoms with van der Waals surface area (Å²) in [6, 6.07) is 70.2. The molecule has 1 aliphatic rings. The van der Waals surface area contributed by atoms with Gasteiger partial charge in [-0.1, -0.05) is 147 Å². The summed E-state index contributed by atoms with van der Waals surface area (Å²) >= 11 is 1.90. The van der Waals surface area contributed by atoms with Gasteiger partial charge in [0.1, 0.15) is 0 Å². The van der Waals surface area contributed by atoms with Crippen LogP contribution in [0.5, 0.6) is 0 Å². The molecule has 0 atom stereocenters. The van der Waals surface area contributed by atoms with E-state index in [1.54, 1.807) is 0 Å². The maximum absolute atomic E-state index is 2.44. The standard InChI is InChI=1S/C55H37NS/c1-55(2)48-22-9-6-16-41(48)45-28-27-39(44-20-13-23-49(55)53(44)45)36-30-35(31-37(32-36)40-19-12-21-46-43-18-8-11-25-52(43)57-54(40)46)34-26-29-51-47(33-34)42-17-7-10-24-50(42)56(51)38-14-4-3-5-15-38/h3-33H,1-2H3. The van der Waals surface area contributed by atoms with Crippen molar-refractivity contribution in [1.29, 1.82) is 0 Å². The van der Waals surface area contributed by atoms with Gasteiger partial charge < -0.3 is 4.57 Å². The van der Waals surface area contributed by atoms with Crippen molar-refractivity contribution in [3.8, 4) is 50.2 Å². The van der Waals surface area contributed by atoms with Crippen molar-refractivity contribution in [1.82, 2.24) is 4.57 Å². The second-order valence-corrected chi connectivity index (χ2v) is 17.1. The van der Waals surface area contributed by atoms with Gasteiger partial charge in [-0.25, -0.2) is 0 Å². The van der Waals surface area contributed by atoms with Gasteiger partial charge in [0.25, 0.3) is 0 Å².